The summed E-state index contributed by atoms with van der Waals surface area (Å²) >= 11 is 0. The lowest BCUT2D eigenvalue weighted by molar-refractivity contribution is -0.116. The van der Waals surface area contributed by atoms with Crippen molar-refractivity contribution in [3.05, 3.63) is 47.5 Å². The van der Waals surface area contributed by atoms with E-state index in [2.05, 4.69) is 23.5 Å². The van der Waals surface area contributed by atoms with E-state index >= 15 is 0 Å². The fourth-order valence-corrected chi connectivity index (χ4v) is 6.47. The van der Waals surface area contributed by atoms with E-state index in [4.69, 9.17) is 0 Å². The van der Waals surface area contributed by atoms with Gasteiger partial charge in [0.05, 0.1) is 22.0 Å². The lowest BCUT2D eigenvalue weighted by atomic mass is 10.1. The van der Waals surface area contributed by atoms with Crippen LogP contribution in [0.15, 0.2) is 41.3 Å². The Morgan fingerprint density at radius 3 is 2.26 bits per heavy atom. The molecule has 0 saturated carbocycles. The van der Waals surface area contributed by atoms with Crippen LogP contribution in [0.3, 0.4) is 0 Å². The zero-order chi connectivity index (χ0) is 23.0. The molecule has 1 saturated heterocycles. The zero-order valence-corrected chi connectivity index (χ0v) is 19.7. The third kappa shape index (κ3) is 4.54. The molecule has 31 heavy (non-hydrogen) atoms. The summed E-state index contributed by atoms with van der Waals surface area (Å²) in [7, 11) is -7.80. The van der Waals surface area contributed by atoms with Crippen LogP contribution < -0.4 is 13.9 Å². The van der Waals surface area contributed by atoms with Crippen molar-refractivity contribution in [3.63, 3.8) is 0 Å². The van der Waals surface area contributed by atoms with E-state index in [1.54, 1.807) is 13.0 Å². The first kappa shape index (κ1) is 23.1. The van der Waals surface area contributed by atoms with Gasteiger partial charge in [0.2, 0.25) is 15.9 Å². The van der Waals surface area contributed by atoms with Gasteiger partial charge in [0, 0.05) is 25.2 Å². The Labute approximate surface area is 184 Å². The molecule has 1 heterocycles. The molecule has 1 aliphatic rings. The van der Waals surface area contributed by atoms with Gasteiger partial charge < -0.3 is 4.90 Å². The maximum absolute atomic E-state index is 13.1. The number of nitrogens with zero attached hydrogens (tertiary/aromatic N) is 2. The van der Waals surface area contributed by atoms with Gasteiger partial charge in [-0.25, -0.2) is 21.1 Å². The van der Waals surface area contributed by atoms with Gasteiger partial charge in [0.25, 0.3) is 10.0 Å². The van der Waals surface area contributed by atoms with Crippen LogP contribution in [0.25, 0.3) is 0 Å². The third-order valence-corrected chi connectivity index (χ3v) is 8.56. The standard InChI is InChI=1S/C21H27N3O5S2/c1-5-23(6-2)17-9-10-19(16(4)13-17)22-31(28,29)20-14-18(8-7-15(20)3)24-21(25)11-12-30(24,26)27/h7-10,13-14,22H,5-6,11-12H2,1-4H3. The number of amides is 1. The normalized spacial score (nSPS) is 15.9. The highest BCUT2D eigenvalue weighted by atomic mass is 32.2. The SMILES string of the molecule is CCN(CC)c1ccc(NS(=O)(=O)c2cc(N3C(=O)CCS3(=O)=O)ccc2C)c(C)c1. The predicted octanol–water partition coefficient (Wildman–Crippen LogP) is 3.02. The molecule has 2 aromatic carbocycles. The number of hydrogen-bond acceptors (Lipinski definition) is 6. The van der Waals surface area contributed by atoms with Gasteiger partial charge in [-0.3, -0.25) is 9.52 Å². The van der Waals surface area contributed by atoms with Gasteiger partial charge in [-0.05, 0) is 69.2 Å². The number of aryl methyl sites for hydroxylation is 2. The quantitative estimate of drug-likeness (QED) is 0.674. The average Bonchev–Trinajstić information content (AvgIpc) is 2.98. The second-order valence-electron chi connectivity index (χ2n) is 7.45. The van der Waals surface area contributed by atoms with Gasteiger partial charge in [0.1, 0.15) is 0 Å². The second kappa shape index (κ2) is 8.51. The summed E-state index contributed by atoms with van der Waals surface area (Å²) in [5.41, 5.74) is 2.67. The summed E-state index contributed by atoms with van der Waals surface area (Å²) < 4.78 is 54.0. The zero-order valence-electron chi connectivity index (χ0n) is 18.0. The van der Waals surface area contributed by atoms with Crippen molar-refractivity contribution in [2.45, 2.75) is 39.0 Å². The summed E-state index contributed by atoms with van der Waals surface area (Å²) in [5, 5.41) is 0. The number of sulfonamides is 2. The van der Waals surface area contributed by atoms with Crippen LogP contribution in [0.1, 0.15) is 31.4 Å². The van der Waals surface area contributed by atoms with Crippen molar-refractivity contribution in [2.75, 3.05) is 32.8 Å². The number of carbonyl (C=O) groups is 1. The first-order valence-electron chi connectivity index (χ1n) is 10.0. The van der Waals surface area contributed by atoms with Crippen LogP contribution >= 0.6 is 0 Å². The van der Waals surface area contributed by atoms with E-state index in [0.717, 1.165) is 24.3 Å². The molecule has 10 heteroatoms. The maximum atomic E-state index is 13.1. The molecule has 0 spiro atoms. The Morgan fingerprint density at radius 2 is 1.71 bits per heavy atom. The Hall–Kier alpha value is -2.59. The Bertz CT molecular complexity index is 1220. The lowest BCUT2D eigenvalue weighted by Gasteiger charge is -2.22. The van der Waals surface area contributed by atoms with Crippen LogP contribution in [0.2, 0.25) is 0 Å². The molecular weight excluding hydrogens is 438 g/mol. The van der Waals surface area contributed by atoms with Crippen molar-refractivity contribution in [1.29, 1.82) is 0 Å². The minimum atomic E-state index is -4.01. The van der Waals surface area contributed by atoms with Crippen LogP contribution in [-0.4, -0.2) is 41.6 Å². The topological polar surface area (TPSA) is 104 Å². The lowest BCUT2D eigenvalue weighted by Crippen LogP contribution is -2.29. The van der Waals surface area contributed by atoms with E-state index in [1.807, 2.05) is 19.1 Å². The highest BCUT2D eigenvalue weighted by Gasteiger charge is 2.37. The molecule has 1 N–H and O–H groups in total. The summed E-state index contributed by atoms with van der Waals surface area (Å²) in [4.78, 5) is 14.2. The highest BCUT2D eigenvalue weighted by molar-refractivity contribution is 7.94. The first-order chi connectivity index (χ1) is 14.5. The first-order valence-corrected chi connectivity index (χ1v) is 13.1. The number of benzene rings is 2. The Kier molecular flexibility index (Phi) is 6.33. The Balaban J connectivity index is 1.97. The molecule has 0 atom stereocenters. The van der Waals surface area contributed by atoms with Crippen molar-refractivity contribution in [1.82, 2.24) is 0 Å². The molecule has 2 aromatic rings. The number of rotatable bonds is 7. The van der Waals surface area contributed by atoms with Crippen LogP contribution in [0, 0.1) is 13.8 Å². The van der Waals surface area contributed by atoms with Crippen molar-refractivity contribution < 1.29 is 21.6 Å². The molecule has 3 rings (SSSR count). The molecule has 0 bridgehead atoms. The highest BCUT2D eigenvalue weighted by Crippen LogP contribution is 2.31. The summed E-state index contributed by atoms with van der Waals surface area (Å²) in [6.45, 7) is 9.22. The number of carbonyl (C=O) groups excluding carboxylic acids is 1. The van der Waals surface area contributed by atoms with E-state index in [-0.39, 0.29) is 22.8 Å². The fraction of sp³-hybridized carbons (Fsp3) is 0.381. The molecule has 1 fully saturated rings. The van der Waals surface area contributed by atoms with Crippen LogP contribution in [-0.2, 0) is 24.8 Å². The molecule has 0 aliphatic carbocycles. The van der Waals surface area contributed by atoms with Crippen molar-refractivity contribution >= 4 is 43.0 Å². The largest absolute Gasteiger partial charge is 0.372 e. The van der Waals surface area contributed by atoms with E-state index in [1.165, 1.54) is 18.2 Å². The molecule has 0 radical (unpaired) electrons. The molecule has 0 aromatic heterocycles. The third-order valence-electron chi connectivity index (χ3n) is 5.36. The smallest absolute Gasteiger partial charge is 0.262 e. The fourth-order valence-electron chi connectivity index (χ4n) is 3.62. The van der Waals surface area contributed by atoms with Crippen LogP contribution in [0.4, 0.5) is 17.1 Å². The van der Waals surface area contributed by atoms with E-state index in [9.17, 15) is 21.6 Å². The molecule has 1 aliphatic heterocycles. The molecule has 1 amide bonds. The maximum Gasteiger partial charge on any atom is 0.262 e. The monoisotopic (exact) mass is 465 g/mol. The molecule has 0 unspecified atom stereocenters. The van der Waals surface area contributed by atoms with Gasteiger partial charge in [-0.15, -0.1) is 0 Å². The number of hydrogen-bond donors (Lipinski definition) is 1. The van der Waals surface area contributed by atoms with Gasteiger partial charge in [-0.2, -0.15) is 0 Å². The molecule has 168 valence electrons. The van der Waals surface area contributed by atoms with E-state index < -0.39 is 26.0 Å². The van der Waals surface area contributed by atoms with Crippen molar-refractivity contribution in [3.8, 4) is 0 Å². The second-order valence-corrected chi connectivity index (χ2v) is 11.0. The minimum absolute atomic E-state index is 0.0297. The average molecular weight is 466 g/mol. The van der Waals surface area contributed by atoms with Crippen LogP contribution in [0.5, 0.6) is 0 Å². The summed E-state index contributed by atoms with van der Waals surface area (Å²) in [6, 6.07) is 9.67. The van der Waals surface area contributed by atoms with Gasteiger partial charge >= 0.3 is 0 Å². The molecule has 8 nitrogen and oxygen atoms in total. The van der Waals surface area contributed by atoms with E-state index in [0.29, 0.717) is 15.6 Å². The summed E-state index contributed by atoms with van der Waals surface area (Å²) in [6.07, 6.45) is -0.116. The predicted molar refractivity (Wildman–Crippen MR) is 123 cm³/mol. The number of anilines is 3. The van der Waals surface area contributed by atoms with Crippen molar-refractivity contribution in [2.24, 2.45) is 0 Å². The van der Waals surface area contributed by atoms with Gasteiger partial charge in [-0.1, -0.05) is 6.07 Å². The minimum Gasteiger partial charge on any atom is -0.372 e. The summed E-state index contributed by atoms with van der Waals surface area (Å²) in [5.74, 6) is -0.846. The van der Waals surface area contributed by atoms with Gasteiger partial charge in [0.15, 0.2) is 0 Å². The Morgan fingerprint density at radius 1 is 1.03 bits per heavy atom. The molecular formula is C21H27N3O5S2. The number of nitrogens with one attached hydrogen (secondary N) is 1.